The van der Waals surface area contributed by atoms with Gasteiger partial charge in [0, 0.05) is 10.8 Å². The molecule has 1 aromatic heterocycles. The summed E-state index contributed by atoms with van der Waals surface area (Å²) < 4.78 is 5.39. The van der Waals surface area contributed by atoms with Crippen molar-refractivity contribution in [2.75, 3.05) is 13.2 Å². The first-order chi connectivity index (χ1) is 9.36. The van der Waals surface area contributed by atoms with Crippen LogP contribution in [-0.4, -0.2) is 24.1 Å². The molecule has 0 saturated heterocycles. The maximum Gasteiger partial charge on any atom is 0.246 e. The summed E-state index contributed by atoms with van der Waals surface area (Å²) in [6, 6.07) is -0.0619. The first-order valence-corrected chi connectivity index (χ1v) is 8.07. The van der Waals surface area contributed by atoms with Gasteiger partial charge in [-0.2, -0.15) is 0 Å². The van der Waals surface area contributed by atoms with Crippen LogP contribution in [-0.2, 0) is 14.9 Å². The highest BCUT2D eigenvalue weighted by molar-refractivity contribution is 7.09. The summed E-state index contributed by atoms with van der Waals surface area (Å²) in [5.74, 6) is 0.624. The number of aromatic nitrogens is 1. The molecule has 2 rings (SSSR count). The van der Waals surface area contributed by atoms with Crippen molar-refractivity contribution < 1.29 is 9.53 Å². The van der Waals surface area contributed by atoms with E-state index >= 15 is 0 Å². The number of amides is 1. The van der Waals surface area contributed by atoms with E-state index < -0.39 is 0 Å². The molecule has 1 aromatic rings. The van der Waals surface area contributed by atoms with Gasteiger partial charge < -0.3 is 10.1 Å². The molecule has 1 fully saturated rings. The fraction of sp³-hybridized carbons (Fsp3) is 0.733. The molecule has 1 amide bonds. The third-order valence-corrected chi connectivity index (χ3v) is 4.35. The van der Waals surface area contributed by atoms with Crippen molar-refractivity contribution in [3.05, 3.63) is 16.1 Å². The minimum Gasteiger partial charge on any atom is -0.371 e. The number of thiazole rings is 1. The van der Waals surface area contributed by atoms with Crippen molar-refractivity contribution in [2.45, 2.75) is 52.0 Å². The predicted molar refractivity (Wildman–Crippen MR) is 80.9 cm³/mol. The van der Waals surface area contributed by atoms with Gasteiger partial charge in [-0.05, 0) is 25.7 Å². The lowest BCUT2D eigenvalue weighted by atomic mass is 9.93. The standard InChI is InChI=1S/C15H24N2O2S/c1-10(14-17-12(9-20-14)15(2,3)4)16-13(18)8-19-7-11-5-6-11/h9-11H,5-8H2,1-4H3,(H,16,18)/t10-/m0/s1. The Morgan fingerprint density at radius 2 is 2.25 bits per heavy atom. The second kappa shape index (κ2) is 6.22. The van der Waals surface area contributed by atoms with Crippen molar-refractivity contribution in [2.24, 2.45) is 5.92 Å². The first kappa shape index (κ1) is 15.4. The molecule has 5 heteroatoms. The number of carbonyl (C=O) groups excluding carboxylic acids is 1. The summed E-state index contributed by atoms with van der Waals surface area (Å²) in [6.45, 7) is 9.25. The monoisotopic (exact) mass is 296 g/mol. The summed E-state index contributed by atoms with van der Waals surface area (Å²) >= 11 is 1.60. The normalized spacial score (nSPS) is 17.0. The summed E-state index contributed by atoms with van der Waals surface area (Å²) in [5, 5.41) is 5.96. The van der Waals surface area contributed by atoms with E-state index in [2.05, 4.69) is 36.5 Å². The van der Waals surface area contributed by atoms with Crippen LogP contribution in [0.15, 0.2) is 5.38 Å². The van der Waals surface area contributed by atoms with Gasteiger partial charge in [-0.25, -0.2) is 4.98 Å². The second-order valence-electron chi connectivity index (χ2n) is 6.57. The van der Waals surface area contributed by atoms with Crippen LogP contribution < -0.4 is 5.32 Å². The molecule has 0 bridgehead atoms. The Labute approximate surface area is 124 Å². The van der Waals surface area contributed by atoms with Gasteiger partial charge in [-0.15, -0.1) is 11.3 Å². The fourth-order valence-corrected chi connectivity index (χ4v) is 2.83. The maximum atomic E-state index is 11.8. The van der Waals surface area contributed by atoms with Crippen LogP contribution in [0.4, 0.5) is 0 Å². The average Bonchev–Trinajstić information content (AvgIpc) is 3.01. The molecular weight excluding hydrogens is 272 g/mol. The molecule has 1 aliphatic carbocycles. The van der Waals surface area contributed by atoms with Crippen LogP contribution in [0, 0.1) is 5.92 Å². The number of nitrogens with zero attached hydrogens (tertiary/aromatic N) is 1. The maximum absolute atomic E-state index is 11.8. The van der Waals surface area contributed by atoms with Gasteiger partial charge in [0.2, 0.25) is 5.91 Å². The topological polar surface area (TPSA) is 51.2 Å². The van der Waals surface area contributed by atoms with E-state index in [4.69, 9.17) is 4.74 Å². The SMILES string of the molecule is C[C@H](NC(=O)COCC1CC1)c1nc(C(C)(C)C)cs1. The molecule has 1 aliphatic rings. The van der Waals surface area contributed by atoms with E-state index in [9.17, 15) is 4.79 Å². The highest BCUT2D eigenvalue weighted by Gasteiger charge is 2.22. The molecule has 4 nitrogen and oxygen atoms in total. The van der Waals surface area contributed by atoms with Crippen molar-refractivity contribution in [1.82, 2.24) is 10.3 Å². The van der Waals surface area contributed by atoms with Crippen molar-refractivity contribution in [3.63, 3.8) is 0 Å². The Morgan fingerprint density at radius 3 is 2.80 bits per heavy atom. The first-order valence-electron chi connectivity index (χ1n) is 7.19. The quantitative estimate of drug-likeness (QED) is 0.878. The van der Waals surface area contributed by atoms with Gasteiger partial charge in [0.15, 0.2) is 0 Å². The van der Waals surface area contributed by atoms with Crippen LogP contribution in [0.1, 0.15) is 57.3 Å². The number of carbonyl (C=O) groups is 1. The lowest BCUT2D eigenvalue weighted by Gasteiger charge is -2.15. The number of hydrogen-bond donors (Lipinski definition) is 1. The molecule has 0 unspecified atom stereocenters. The third-order valence-electron chi connectivity index (χ3n) is 3.32. The van der Waals surface area contributed by atoms with Crippen LogP contribution >= 0.6 is 11.3 Å². The molecule has 112 valence electrons. The molecule has 1 atom stereocenters. The third kappa shape index (κ3) is 4.56. The van der Waals surface area contributed by atoms with Gasteiger partial charge in [0.25, 0.3) is 0 Å². The van der Waals surface area contributed by atoms with E-state index in [1.807, 2.05) is 6.92 Å². The lowest BCUT2D eigenvalue weighted by molar-refractivity contribution is -0.126. The fourth-order valence-electron chi connectivity index (χ4n) is 1.78. The zero-order chi connectivity index (χ0) is 14.8. The van der Waals surface area contributed by atoms with Gasteiger partial charge >= 0.3 is 0 Å². The van der Waals surface area contributed by atoms with Crippen molar-refractivity contribution in [1.29, 1.82) is 0 Å². The molecule has 0 aromatic carbocycles. The summed E-state index contributed by atoms with van der Waals surface area (Å²) in [7, 11) is 0. The lowest BCUT2D eigenvalue weighted by Crippen LogP contribution is -2.30. The molecule has 1 heterocycles. The minimum atomic E-state index is -0.0642. The van der Waals surface area contributed by atoms with E-state index in [1.165, 1.54) is 12.8 Å². The summed E-state index contributed by atoms with van der Waals surface area (Å²) in [4.78, 5) is 16.4. The van der Waals surface area contributed by atoms with Crippen molar-refractivity contribution >= 4 is 17.2 Å². The Morgan fingerprint density at radius 1 is 1.55 bits per heavy atom. The van der Waals surface area contributed by atoms with Gasteiger partial charge in [-0.3, -0.25) is 4.79 Å². The number of nitrogens with one attached hydrogen (secondary N) is 1. The Kier molecular flexibility index (Phi) is 4.81. The summed E-state index contributed by atoms with van der Waals surface area (Å²) in [5.41, 5.74) is 1.12. The molecule has 0 spiro atoms. The van der Waals surface area contributed by atoms with Crippen LogP contribution in [0.2, 0.25) is 0 Å². The predicted octanol–water partition coefficient (Wildman–Crippen LogP) is 3.04. The van der Waals surface area contributed by atoms with Gasteiger partial charge in [0.1, 0.15) is 11.6 Å². The van der Waals surface area contributed by atoms with E-state index in [0.717, 1.165) is 10.7 Å². The van der Waals surface area contributed by atoms with E-state index in [-0.39, 0.29) is 24.0 Å². The van der Waals surface area contributed by atoms with Gasteiger partial charge in [0.05, 0.1) is 18.3 Å². The average molecular weight is 296 g/mol. The second-order valence-corrected chi connectivity index (χ2v) is 7.46. The molecule has 1 N–H and O–H groups in total. The Bertz CT molecular complexity index is 461. The molecule has 0 radical (unpaired) electrons. The van der Waals surface area contributed by atoms with E-state index in [0.29, 0.717) is 12.5 Å². The zero-order valence-electron chi connectivity index (χ0n) is 12.7. The number of rotatable bonds is 6. The van der Waals surface area contributed by atoms with Crippen LogP contribution in [0.3, 0.4) is 0 Å². The molecule has 1 saturated carbocycles. The molecule has 0 aliphatic heterocycles. The zero-order valence-corrected chi connectivity index (χ0v) is 13.5. The van der Waals surface area contributed by atoms with E-state index in [1.54, 1.807) is 11.3 Å². The smallest absolute Gasteiger partial charge is 0.246 e. The number of hydrogen-bond acceptors (Lipinski definition) is 4. The molecular formula is C15H24N2O2S. The minimum absolute atomic E-state index is 0.0475. The van der Waals surface area contributed by atoms with Gasteiger partial charge in [-0.1, -0.05) is 20.8 Å². The largest absolute Gasteiger partial charge is 0.371 e. The van der Waals surface area contributed by atoms with Crippen LogP contribution in [0.5, 0.6) is 0 Å². The molecule has 20 heavy (non-hydrogen) atoms. The van der Waals surface area contributed by atoms with Crippen molar-refractivity contribution in [3.8, 4) is 0 Å². The van der Waals surface area contributed by atoms with Crippen LogP contribution in [0.25, 0.3) is 0 Å². The Balaban J connectivity index is 1.79. The highest BCUT2D eigenvalue weighted by Crippen LogP contribution is 2.29. The number of ether oxygens (including phenoxy) is 1. The summed E-state index contributed by atoms with van der Waals surface area (Å²) in [6.07, 6.45) is 2.49. The Hall–Kier alpha value is -0.940. The highest BCUT2D eigenvalue weighted by atomic mass is 32.1.